The molecule has 3 rings (SSSR count). The van der Waals surface area contributed by atoms with Gasteiger partial charge in [0.05, 0.1) is 34.4 Å². The molecule has 5 nitrogen and oxygen atoms in total. The van der Waals surface area contributed by atoms with Crippen molar-refractivity contribution in [1.82, 2.24) is 0 Å². The van der Waals surface area contributed by atoms with Crippen LogP contribution in [0.2, 0.25) is 15.1 Å². The molecule has 162 valence electrons. The molecule has 0 atom stereocenters. The Kier molecular flexibility index (Phi) is 7.66. The number of hydrogen-bond donors (Lipinski definition) is 1. The van der Waals surface area contributed by atoms with Gasteiger partial charge < -0.3 is 14.6 Å². The highest BCUT2D eigenvalue weighted by atomic mass is 35.5. The summed E-state index contributed by atoms with van der Waals surface area (Å²) in [4.78, 5) is 11.0. The lowest BCUT2D eigenvalue weighted by Gasteiger charge is -2.14. The van der Waals surface area contributed by atoms with Crippen molar-refractivity contribution in [3.8, 4) is 17.6 Å². The van der Waals surface area contributed by atoms with E-state index < -0.39 is 5.97 Å². The van der Waals surface area contributed by atoms with Crippen LogP contribution in [0.4, 0.5) is 0 Å². The van der Waals surface area contributed by atoms with E-state index >= 15 is 0 Å². The van der Waals surface area contributed by atoms with E-state index in [0.29, 0.717) is 38.2 Å². The number of ether oxygens (including phenoxy) is 2. The average Bonchev–Trinajstić information content (AvgIpc) is 2.77. The number of benzene rings is 3. The number of methoxy groups -OCH3 is 1. The van der Waals surface area contributed by atoms with E-state index in [9.17, 15) is 10.1 Å². The number of halogens is 3. The number of carboxylic acid groups (broad SMARTS) is 1. The molecular weight excluding hydrogens is 473 g/mol. The first-order valence-electron chi connectivity index (χ1n) is 9.22. The van der Waals surface area contributed by atoms with Gasteiger partial charge in [-0.1, -0.05) is 53.0 Å². The molecule has 32 heavy (non-hydrogen) atoms. The first-order valence-corrected chi connectivity index (χ1v) is 10.4. The summed E-state index contributed by atoms with van der Waals surface area (Å²) in [6, 6.07) is 16.7. The van der Waals surface area contributed by atoms with Crippen molar-refractivity contribution in [1.29, 1.82) is 5.26 Å². The molecule has 0 aliphatic carbocycles. The zero-order valence-electron chi connectivity index (χ0n) is 16.7. The fraction of sp³-hybridized carbons (Fsp3) is 0.0833. The van der Waals surface area contributed by atoms with E-state index in [2.05, 4.69) is 6.07 Å². The number of carboxylic acids is 1. The van der Waals surface area contributed by atoms with Gasteiger partial charge >= 0.3 is 5.97 Å². The average molecular weight is 489 g/mol. The van der Waals surface area contributed by atoms with Gasteiger partial charge in [0.2, 0.25) is 0 Å². The second-order valence-corrected chi connectivity index (χ2v) is 7.87. The van der Waals surface area contributed by atoms with Crippen LogP contribution in [0.1, 0.15) is 27.0 Å². The first kappa shape index (κ1) is 23.5. The maximum Gasteiger partial charge on any atom is 0.335 e. The summed E-state index contributed by atoms with van der Waals surface area (Å²) in [7, 11) is 1.48. The summed E-state index contributed by atoms with van der Waals surface area (Å²) < 4.78 is 11.2. The number of carbonyl (C=O) groups is 1. The van der Waals surface area contributed by atoms with Crippen LogP contribution in [0.3, 0.4) is 0 Å². The summed E-state index contributed by atoms with van der Waals surface area (Å²) >= 11 is 18.6. The third kappa shape index (κ3) is 5.54. The Morgan fingerprint density at radius 1 is 1.06 bits per heavy atom. The van der Waals surface area contributed by atoms with Gasteiger partial charge in [0.25, 0.3) is 0 Å². The highest BCUT2D eigenvalue weighted by Gasteiger charge is 2.14. The van der Waals surface area contributed by atoms with Crippen molar-refractivity contribution in [2.75, 3.05) is 7.11 Å². The maximum absolute atomic E-state index is 11.0. The molecule has 0 spiro atoms. The number of nitrogens with zero attached hydrogens (tertiary/aromatic N) is 1. The van der Waals surface area contributed by atoms with Gasteiger partial charge in [-0.2, -0.15) is 5.26 Å². The molecular formula is C24H16Cl3NO4. The van der Waals surface area contributed by atoms with E-state index in [1.165, 1.54) is 19.2 Å². The molecule has 3 aromatic carbocycles. The van der Waals surface area contributed by atoms with E-state index in [-0.39, 0.29) is 17.2 Å². The van der Waals surface area contributed by atoms with Gasteiger partial charge in [-0.3, -0.25) is 0 Å². The Hall–Kier alpha value is -3.17. The van der Waals surface area contributed by atoms with Crippen LogP contribution in [0.5, 0.6) is 11.5 Å². The summed E-state index contributed by atoms with van der Waals surface area (Å²) in [6.45, 7) is 0.162. The van der Waals surface area contributed by atoms with Crippen molar-refractivity contribution in [3.05, 3.63) is 91.9 Å². The number of nitriles is 1. The van der Waals surface area contributed by atoms with Crippen LogP contribution in [0, 0.1) is 11.3 Å². The van der Waals surface area contributed by atoms with Gasteiger partial charge in [-0.15, -0.1) is 0 Å². The summed E-state index contributed by atoms with van der Waals surface area (Å²) in [5.41, 5.74) is 2.44. The Labute approximate surface area is 200 Å². The lowest BCUT2D eigenvalue weighted by Crippen LogP contribution is -2.00. The zero-order chi connectivity index (χ0) is 23.3. The molecule has 0 unspecified atom stereocenters. The lowest BCUT2D eigenvalue weighted by atomic mass is 10.0. The predicted octanol–water partition coefficient (Wildman–Crippen LogP) is 7.00. The second-order valence-electron chi connectivity index (χ2n) is 6.62. The first-order chi connectivity index (χ1) is 15.3. The van der Waals surface area contributed by atoms with Crippen molar-refractivity contribution >= 4 is 52.4 Å². The normalized spacial score (nSPS) is 11.0. The molecule has 3 aromatic rings. The Morgan fingerprint density at radius 2 is 1.78 bits per heavy atom. The molecule has 1 N–H and O–H groups in total. The fourth-order valence-corrected chi connectivity index (χ4v) is 3.69. The number of hydrogen-bond acceptors (Lipinski definition) is 4. The van der Waals surface area contributed by atoms with Crippen LogP contribution in [-0.2, 0) is 6.61 Å². The summed E-state index contributed by atoms with van der Waals surface area (Å²) in [5, 5.41) is 19.7. The van der Waals surface area contributed by atoms with E-state index in [4.69, 9.17) is 49.4 Å². The molecule has 0 fully saturated rings. The molecule has 0 saturated heterocycles. The Bertz CT molecular complexity index is 1230. The fourth-order valence-electron chi connectivity index (χ4n) is 2.91. The zero-order valence-corrected chi connectivity index (χ0v) is 19.0. The largest absolute Gasteiger partial charge is 0.493 e. The summed E-state index contributed by atoms with van der Waals surface area (Å²) in [6.07, 6.45) is 1.64. The van der Waals surface area contributed by atoms with Gasteiger partial charge in [0.1, 0.15) is 6.61 Å². The molecule has 0 aromatic heterocycles. The summed E-state index contributed by atoms with van der Waals surface area (Å²) in [5.74, 6) is -0.287. The quantitative estimate of drug-likeness (QED) is 0.286. The van der Waals surface area contributed by atoms with Crippen LogP contribution < -0.4 is 9.47 Å². The van der Waals surface area contributed by atoms with Crippen LogP contribution in [0.25, 0.3) is 11.6 Å². The van der Waals surface area contributed by atoms with Crippen LogP contribution >= 0.6 is 34.8 Å². The van der Waals surface area contributed by atoms with Crippen molar-refractivity contribution in [2.45, 2.75) is 6.61 Å². The monoisotopic (exact) mass is 487 g/mol. The minimum atomic E-state index is -0.998. The van der Waals surface area contributed by atoms with Gasteiger partial charge in [-0.05, 0) is 53.6 Å². The maximum atomic E-state index is 11.0. The molecule has 0 amide bonds. The molecule has 0 heterocycles. The van der Waals surface area contributed by atoms with E-state index in [1.807, 2.05) is 0 Å². The van der Waals surface area contributed by atoms with Crippen LogP contribution in [-0.4, -0.2) is 18.2 Å². The molecule has 0 bridgehead atoms. The van der Waals surface area contributed by atoms with Gasteiger partial charge in [0.15, 0.2) is 11.5 Å². The molecule has 0 radical (unpaired) electrons. The third-order valence-corrected chi connectivity index (χ3v) is 5.32. The minimum absolute atomic E-state index is 0.162. The van der Waals surface area contributed by atoms with Crippen molar-refractivity contribution in [3.63, 3.8) is 0 Å². The second kappa shape index (κ2) is 10.4. The molecule has 0 saturated carbocycles. The van der Waals surface area contributed by atoms with Gasteiger partial charge in [-0.25, -0.2) is 4.79 Å². The molecule has 8 heteroatoms. The number of rotatable bonds is 7. The predicted molar refractivity (Wildman–Crippen MR) is 126 cm³/mol. The Balaban J connectivity index is 1.87. The number of aromatic carboxylic acids is 1. The Morgan fingerprint density at radius 3 is 2.38 bits per heavy atom. The van der Waals surface area contributed by atoms with E-state index in [1.54, 1.807) is 48.5 Å². The standard InChI is InChI=1S/C24H16Cl3NO4/c1-31-22-10-15(8-17(12-28)19-7-6-18(25)11-20(19)26)9-21(27)23(22)32-13-14-2-4-16(5-3-14)24(29)30/h2-11H,13H2,1H3,(H,29,30)/b17-8+. The smallest absolute Gasteiger partial charge is 0.335 e. The van der Waals surface area contributed by atoms with Crippen molar-refractivity contribution < 1.29 is 19.4 Å². The van der Waals surface area contributed by atoms with E-state index in [0.717, 1.165) is 5.56 Å². The third-order valence-electron chi connectivity index (χ3n) is 4.49. The lowest BCUT2D eigenvalue weighted by molar-refractivity contribution is 0.0697. The van der Waals surface area contributed by atoms with Gasteiger partial charge in [0, 0.05) is 10.6 Å². The topological polar surface area (TPSA) is 79.5 Å². The minimum Gasteiger partial charge on any atom is -0.493 e. The SMILES string of the molecule is COc1cc(/C=C(\C#N)c2ccc(Cl)cc2Cl)cc(Cl)c1OCc1ccc(C(=O)O)cc1. The van der Waals surface area contributed by atoms with Crippen LogP contribution in [0.15, 0.2) is 54.6 Å². The highest BCUT2D eigenvalue weighted by molar-refractivity contribution is 6.36. The number of allylic oxidation sites excluding steroid dienone is 1. The molecule has 0 aliphatic heterocycles. The molecule has 0 aliphatic rings. The highest BCUT2D eigenvalue weighted by Crippen LogP contribution is 2.38. The van der Waals surface area contributed by atoms with Crippen molar-refractivity contribution in [2.24, 2.45) is 0 Å².